The highest BCUT2D eigenvalue weighted by atomic mass is 16.1. The highest BCUT2D eigenvalue weighted by Gasteiger charge is 2.43. The van der Waals surface area contributed by atoms with E-state index in [0.717, 1.165) is 50.6 Å². The van der Waals surface area contributed by atoms with Crippen LogP contribution in [0.2, 0.25) is 0 Å². The molecule has 2 nitrogen and oxygen atoms in total. The number of Topliss-reactive ketones (excluding diaryl/α,β-unsaturated/α-hetero) is 1. The lowest BCUT2D eigenvalue weighted by Gasteiger charge is -2.39. The van der Waals surface area contributed by atoms with E-state index in [4.69, 9.17) is 0 Å². The molecular formula is C32H27NO. The van der Waals surface area contributed by atoms with Gasteiger partial charge in [-0.25, -0.2) is 0 Å². The van der Waals surface area contributed by atoms with Crippen LogP contribution < -0.4 is 0 Å². The van der Waals surface area contributed by atoms with Gasteiger partial charge in [0.15, 0.2) is 5.78 Å². The summed E-state index contributed by atoms with van der Waals surface area (Å²) in [6.45, 7) is 4.37. The summed E-state index contributed by atoms with van der Waals surface area (Å²) in [5, 5.41) is 11.6. The largest absolute Gasteiger partial charge is 0.304 e. The van der Waals surface area contributed by atoms with Gasteiger partial charge in [-0.15, -0.1) is 0 Å². The Morgan fingerprint density at radius 1 is 0.765 bits per heavy atom. The second-order valence-electron chi connectivity index (χ2n) is 10.4. The summed E-state index contributed by atoms with van der Waals surface area (Å²) >= 11 is 0. The Balaban J connectivity index is 1.56. The number of hydrogen-bond acceptors (Lipinski definition) is 2. The highest BCUT2D eigenvalue weighted by Crippen LogP contribution is 2.51. The number of hydrogen-bond donors (Lipinski definition) is 1. The minimum absolute atomic E-state index is 0.0919. The Hall–Kier alpha value is -3.78. The summed E-state index contributed by atoms with van der Waals surface area (Å²) < 4.78 is 0. The first kappa shape index (κ1) is 20.8. The van der Waals surface area contributed by atoms with Crippen LogP contribution in [0.25, 0.3) is 27.5 Å². The average Bonchev–Trinajstić information content (AvgIpc) is 2.84. The third kappa shape index (κ3) is 3.25. The van der Waals surface area contributed by atoms with Crippen LogP contribution in [0.15, 0.2) is 96.6 Å². The molecule has 0 radical (unpaired) electrons. The average molecular weight is 442 g/mol. The molecule has 0 fully saturated rings. The Labute approximate surface area is 200 Å². The second-order valence-corrected chi connectivity index (χ2v) is 10.4. The molecule has 0 saturated carbocycles. The molecule has 1 atom stereocenters. The van der Waals surface area contributed by atoms with Gasteiger partial charge in [0.2, 0.25) is 0 Å². The Bertz CT molecular complexity index is 1490. The summed E-state index contributed by atoms with van der Waals surface area (Å²) in [5.41, 5.74) is 7.79. The molecule has 1 N–H and O–H groups in total. The van der Waals surface area contributed by atoms with Gasteiger partial charge in [-0.05, 0) is 50.4 Å². The minimum Gasteiger partial charge on any atom is -0.304 e. The monoisotopic (exact) mass is 441 g/mol. The zero-order valence-corrected chi connectivity index (χ0v) is 19.6. The second kappa shape index (κ2) is 7.63. The Morgan fingerprint density at radius 3 is 2.21 bits per heavy atom. The summed E-state index contributed by atoms with van der Waals surface area (Å²) in [4.78, 5) is 13.7. The number of carbonyl (C=O) groups excluding carboxylic acids is 1. The Morgan fingerprint density at radius 2 is 1.44 bits per heavy atom. The van der Waals surface area contributed by atoms with Crippen LogP contribution in [0.1, 0.15) is 49.3 Å². The molecule has 0 aromatic heterocycles. The van der Waals surface area contributed by atoms with Crippen molar-refractivity contribution in [1.82, 2.24) is 0 Å². The topological polar surface area (TPSA) is 40.9 Å². The van der Waals surface area contributed by atoms with Crippen molar-refractivity contribution in [2.45, 2.75) is 32.6 Å². The molecule has 0 spiro atoms. The van der Waals surface area contributed by atoms with E-state index in [1.54, 1.807) is 0 Å². The van der Waals surface area contributed by atoms with E-state index in [9.17, 15) is 10.2 Å². The first-order chi connectivity index (χ1) is 16.4. The lowest BCUT2D eigenvalue weighted by atomic mass is 9.63. The van der Waals surface area contributed by atoms with Gasteiger partial charge in [-0.2, -0.15) is 0 Å². The maximum absolute atomic E-state index is 13.7. The normalized spacial score (nSPS) is 19.2. The summed E-state index contributed by atoms with van der Waals surface area (Å²) in [7, 11) is 0. The lowest BCUT2D eigenvalue weighted by molar-refractivity contribution is -0.117. The quantitative estimate of drug-likeness (QED) is 0.338. The van der Waals surface area contributed by atoms with Crippen molar-refractivity contribution in [3.63, 3.8) is 0 Å². The van der Waals surface area contributed by atoms with Gasteiger partial charge in [0, 0.05) is 17.6 Å². The number of benzene rings is 4. The van der Waals surface area contributed by atoms with Crippen LogP contribution in [0.3, 0.4) is 0 Å². The number of allylic oxidation sites excluding steroid dienone is 2. The van der Waals surface area contributed by atoms with Gasteiger partial charge in [0.25, 0.3) is 0 Å². The van der Waals surface area contributed by atoms with Gasteiger partial charge in [0.05, 0.1) is 11.6 Å². The molecule has 0 aliphatic heterocycles. The smallest absolute Gasteiger partial charge is 0.160 e. The number of nitrogens with one attached hydrogen (secondary N) is 1. The van der Waals surface area contributed by atoms with Crippen LogP contribution in [-0.2, 0) is 4.79 Å². The third-order valence-corrected chi connectivity index (χ3v) is 7.37. The van der Waals surface area contributed by atoms with Crippen molar-refractivity contribution in [1.29, 1.82) is 5.41 Å². The van der Waals surface area contributed by atoms with Crippen LogP contribution in [0.5, 0.6) is 0 Å². The van der Waals surface area contributed by atoms with Gasteiger partial charge in [-0.3, -0.25) is 4.79 Å². The fourth-order valence-electron chi connectivity index (χ4n) is 5.85. The van der Waals surface area contributed by atoms with Crippen molar-refractivity contribution in [2.75, 3.05) is 0 Å². The molecule has 1 unspecified atom stereocenters. The van der Waals surface area contributed by atoms with Crippen LogP contribution in [-0.4, -0.2) is 11.5 Å². The molecule has 2 aliphatic rings. The fourth-order valence-corrected chi connectivity index (χ4v) is 5.85. The number of ketones is 1. The molecule has 4 aromatic rings. The summed E-state index contributed by atoms with van der Waals surface area (Å²) in [5.74, 6) is -0.135. The van der Waals surface area contributed by atoms with Crippen LogP contribution >= 0.6 is 0 Å². The molecule has 6 rings (SSSR count). The summed E-state index contributed by atoms with van der Waals surface area (Å²) in [6.07, 6.45) is 1.37. The SMILES string of the molecule is CC1(C)CC(=O)C2=C(C1)c1c(ccc3ccccc13)C(=N)C2c1ccc(-c2ccccc2)cc1. The van der Waals surface area contributed by atoms with Gasteiger partial charge in [0.1, 0.15) is 0 Å². The predicted molar refractivity (Wildman–Crippen MR) is 140 cm³/mol. The molecule has 4 aromatic carbocycles. The maximum Gasteiger partial charge on any atom is 0.160 e. The zero-order valence-electron chi connectivity index (χ0n) is 19.6. The van der Waals surface area contributed by atoms with Crippen LogP contribution in [0, 0.1) is 10.8 Å². The highest BCUT2D eigenvalue weighted by molar-refractivity contribution is 6.23. The van der Waals surface area contributed by atoms with Crippen LogP contribution in [0.4, 0.5) is 0 Å². The standard InChI is InChI=1S/C32H27NO/c1-32(2)18-26-29-24-11-7-6-10-22(24)16-17-25(29)31(33)28(30(26)27(34)19-32)23-14-12-21(13-15-23)20-8-4-3-5-9-20/h3-17,28,33H,18-19H2,1-2H3. The zero-order chi connectivity index (χ0) is 23.4. The van der Waals surface area contributed by atoms with Gasteiger partial charge < -0.3 is 5.41 Å². The molecule has 0 bridgehead atoms. The van der Waals surface area contributed by atoms with E-state index in [1.807, 2.05) is 24.3 Å². The third-order valence-electron chi connectivity index (χ3n) is 7.37. The predicted octanol–water partition coefficient (Wildman–Crippen LogP) is 7.81. The van der Waals surface area contributed by atoms with Gasteiger partial charge in [-0.1, -0.05) is 105 Å². The molecule has 0 heterocycles. The fraction of sp³-hybridized carbons (Fsp3) is 0.188. The van der Waals surface area contributed by atoms with Crippen molar-refractivity contribution in [3.05, 3.63) is 113 Å². The van der Waals surface area contributed by atoms with E-state index in [0.29, 0.717) is 12.1 Å². The van der Waals surface area contributed by atoms with Gasteiger partial charge >= 0.3 is 0 Å². The van der Waals surface area contributed by atoms with E-state index in [-0.39, 0.29) is 17.1 Å². The first-order valence-corrected chi connectivity index (χ1v) is 12.0. The lowest BCUT2D eigenvalue weighted by Crippen LogP contribution is -2.34. The minimum atomic E-state index is -0.322. The van der Waals surface area contributed by atoms with Crippen molar-refractivity contribution >= 4 is 27.8 Å². The van der Waals surface area contributed by atoms with Crippen molar-refractivity contribution < 1.29 is 4.79 Å². The maximum atomic E-state index is 13.7. The molecule has 2 aliphatic carbocycles. The Kier molecular flexibility index (Phi) is 4.67. The molecule has 34 heavy (non-hydrogen) atoms. The molecule has 2 heteroatoms. The molecule has 0 saturated heterocycles. The van der Waals surface area contributed by atoms with E-state index < -0.39 is 0 Å². The first-order valence-electron chi connectivity index (χ1n) is 12.0. The van der Waals surface area contributed by atoms with E-state index in [2.05, 4.69) is 80.6 Å². The van der Waals surface area contributed by atoms with Crippen molar-refractivity contribution in [2.24, 2.45) is 5.41 Å². The molecule has 166 valence electrons. The molecular weight excluding hydrogens is 414 g/mol. The van der Waals surface area contributed by atoms with E-state index in [1.165, 1.54) is 5.56 Å². The van der Waals surface area contributed by atoms with E-state index >= 15 is 0 Å². The number of fused-ring (bicyclic) bond motifs is 4. The summed E-state index contributed by atoms with van der Waals surface area (Å²) in [6, 6.07) is 31.3. The number of carbonyl (C=O) groups is 1. The molecule has 0 amide bonds. The number of rotatable bonds is 2. The van der Waals surface area contributed by atoms with Crippen molar-refractivity contribution in [3.8, 4) is 11.1 Å².